The van der Waals surface area contributed by atoms with Gasteiger partial charge in [-0.15, -0.1) is 0 Å². The van der Waals surface area contributed by atoms with E-state index in [0.717, 1.165) is 12.8 Å². The minimum Gasteiger partial charge on any atom is -0.396 e. The number of hydrogen-bond acceptors (Lipinski definition) is 2. The molecule has 2 unspecified atom stereocenters. The molecule has 0 aromatic heterocycles. The van der Waals surface area contributed by atoms with Gasteiger partial charge in [-0.05, 0) is 25.7 Å². The Morgan fingerprint density at radius 1 is 0.800 bits per heavy atom. The van der Waals surface area contributed by atoms with Crippen LogP contribution in [0.25, 0.3) is 0 Å². The Labute approximate surface area is 97.8 Å². The topological polar surface area (TPSA) is 18.5 Å². The Morgan fingerprint density at radius 2 is 1.20 bits per heavy atom. The van der Waals surface area contributed by atoms with Crippen molar-refractivity contribution < 1.29 is 8.85 Å². The van der Waals surface area contributed by atoms with Gasteiger partial charge in [-0.2, -0.15) is 0 Å². The van der Waals surface area contributed by atoms with Crippen LogP contribution in [0.2, 0.25) is 0 Å². The number of rotatable bonds is 10. The first kappa shape index (κ1) is 15.1. The van der Waals surface area contributed by atoms with Gasteiger partial charge < -0.3 is 8.85 Å². The summed E-state index contributed by atoms with van der Waals surface area (Å²) in [6, 6.07) is 0. The molecule has 0 fully saturated rings. The molecule has 0 N–H and O–H groups in total. The van der Waals surface area contributed by atoms with Crippen molar-refractivity contribution in [3.05, 3.63) is 0 Å². The van der Waals surface area contributed by atoms with Crippen LogP contribution in [0.15, 0.2) is 0 Å². The summed E-state index contributed by atoms with van der Waals surface area (Å²) in [7, 11) is -0.746. The normalized spacial score (nSPS) is 16.0. The minimum absolute atomic E-state index is 0.445. The lowest BCUT2D eigenvalue weighted by Gasteiger charge is -2.19. The highest BCUT2D eigenvalue weighted by molar-refractivity contribution is 6.18. The SMILES string of the molecule is CCCC(CC)O[SiH2]OC(CC)CCC. The molecule has 0 aliphatic rings. The molecule has 0 aromatic carbocycles. The molecule has 15 heavy (non-hydrogen) atoms. The van der Waals surface area contributed by atoms with Crippen molar-refractivity contribution in [2.45, 2.75) is 78.4 Å². The Balaban J connectivity index is 3.55. The highest BCUT2D eigenvalue weighted by Gasteiger charge is 2.08. The van der Waals surface area contributed by atoms with Gasteiger partial charge in [-0.1, -0.05) is 40.5 Å². The van der Waals surface area contributed by atoms with Crippen LogP contribution in [-0.2, 0) is 8.85 Å². The molecule has 0 saturated carbocycles. The third-order valence-corrected chi connectivity index (χ3v) is 3.95. The highest BCUT2D eigenvalue weighted by atomic mass is 28.3. The molecular weight excluding hydrogens is 204 g/mol. The first-order valence-electron chi connectivity index (χ1n) is 6.51. The maximum absolute atomic E-state index is 5.83. The predicted molar refractivity (Wildman–Crippen MR) is 68.7 cm³/mol. The van der Waals surface area contributed by atoms with Crippen LogP contribution >= 0.6 is 0 Å². The monoisotopic (exact) mass is 232 g/mol. The molecule has 0 aromatic rings. The summed E-state index contributed by atoms with van der Waals surface area (Å²) in [6.07, 6.45) is 7.90. The van der Waals surface area contributed by atoms with Crippen molar-refractivity contribution in [3.63, 3.8) is 0 Å². The van der Waals surface area contributed by atoms with Crippen molar-refractivity contribution in [3.8, 4) is 0 Å². The van der Waals surface area contributed by atoms with E-state index >= 15 is 0 Å². The molecule has 0 radical (unpaired) electrons. The van der Waals surface area contributed by atoms with Crippen LogP contribution in [0.5, 0.6) is 0 Å². The molecule has 0 aliphatic heterocycles. The van der Waals surface area contributed by atoms with Gasteiger partial charge in [-0.3, -0.25) is 0 Å². The zero-order chi connectivity index (χ0) is 11.5. The summed E-state index contributed by atoms with van der Waals surface area (Å²) < 4.78 is 11.7. The molecule has 0 aliphatic carbocycles. The first-order valence-corrected chi connectivity index (χ1v) is 7.66. The van der Waals surface area contributed by atoms with Gasteiger partial charge in [-0.25, -0.2) is 0 Å². The van der Waals surface area contributed by atoms with Crippen molar-refractivity contribution in [2.75, 3.05) is 0 Å². The lowest BCUT2D eigenvalue weighted by molar-refractivity contribution is 0.105. The Hall–Kier alpha value is 0.137. The van der Waals surface area contributed by atoms with Crippen LogP contribution < -0.4 is 0 Å². The average molecular weight is 232 g/mol. The van der Waals surface area contributed by atoms with E-state index in [9.17, 15) is 0 Å². The van der Waals surface area contributed by atoms with Gasteiger partial charge in [0.1, 0.15) is 0 Å². The standard InChI is InChI=1S/C12H28O2Si/c1-5-9-11(7-3)13-15-14-12(8-4)10-6-2/h11-12H,5-10,15H2,1-4H3. The number of hydrogen-bond donors (Lipinski definition) is 0. The maximum atomic E-state index is 5.83. The summed E-state index contributed by atoms with van der Waals surface area (Å²) >= 11 is 0. The zero-order valence-electron chi connectivity index (χ0n) is 10.9. The largest absolute Gasteiger partial charge is 0.396 e. The Morgan fingerprint density at radius 3 is 1.47 bits per heavy atom. The third kappa shape index (κ3) is 8.00. The smallest absolute Gasteiger partial charge is 0.304 e. The zero-order valence-corrected chi connectivity index (χ0v) is 12.3. The van der Waals surface area contributed by atoms with Gasteiger partial charge in [0, 0.05) is 12.2 Å². The minimum atomic E-state index is -0.746. The molecular formula is C12H28O2Si. The van der Waals surface area contributed by atoms with E-state index in [-0.39, 0.29) is 0 Å². The van der Waals surface area contributed by atoms with Crippen molar-refractivity contribution in [1.29, 1.82) is 0 Å². The van der Waals surface area contributed by atoms with Crippen LogP contribution in [0.1, 0.15) is 66.2 Å². The van der Waals surface area contributed by atoms with Crippen molar-refractivity contribution >= 4 is 10.0 Å². The van der Waals surface area contributed by atoms with Crippen LogP contribution in [0, 0.1) is 0 Å². The summed E-state index contributed by atoms with van der Waals surface area (Å²) in [5.41, 5.74) is 0. The van der Waals surface area contributed by atoms with E-state index in [0.29, 0.717) is 12.2 Å². The molecule has 0 bridgehead atoms. The predicted octanol–water partition coefficient (Wildman–Crippen LogP) is 3.18. The summed E-state index contributed by atoms with van der Waals surface area (Å²) in [4.78, 5) is 0. The summed E-state index contributed by atoms with van der Waals surface area (Å²) in [5, 5.41) is 0. The maximum Gasteiger partial charge on any atom is 0.304 e. The van der Waals surface area contributed by atoms with E-state index in [4.69, 9.17) is 8.85 Å². The second-order valence-electron chi connectivity index (χ2n) is 4.09. The molecule has 92 valence electrons. The van der Waals surface area contributed by atoms with Gasteiger partial charge in [0.15, 0.2) is 0 Å². The van der Waals surface area contributed by atoms with E-state index in [1.54, 1.807) is 0 Å². The Kier molecular flexibility index (Phi) is 10.7. The van der Waals surface area contributed by atoms with E-state index in [1.165, 1.54) is 25.7 Å². The van der Waals surface area contributed by atoms with Gasteiger partial charge in [0.05, 0.1) is 0 Å². The second kappa shape index (κ2) is 10.6. The van der Waals surface area contributed by atoms with Crippen LogP contribution in [-0.4, -0.2) is 22.2 Å². The second-order valence-corrected chi connectivity index (χ2v) is 4.99. The van der Waals surface area contributed by atoms with Crippen molar-refractivity contribution in [1.82, 2.24) is 0 Å². The summed E-state index contributed by atoms with van der Waals surface area (Å²) in [5.74, 6) is 0. The van der Waals surface area contributed by atoms with Gasteiger partial charge in [0.25, 0.3) is 0 Å². The van der Waals surface area contributed by atoms with Gasteiger partial charge >= 0.3 is 10.0 Å². The van der Waals surface area contributed by atoms with E-state index < -0.39 is 10.0 Å². The highest BCUT2D eigenvalue weighted by Crippen LogP contribution is 2.08. The third-order valence-electron chi connectivity index (χ3n) is 2.74. The average Bonchev–Trinajstić information content (AvgIpc) is 2.26. The quantitative estimate of drug-likeness (QED) is 0.539. The molecule has 0 saturated heterocycles. The molecule has 0 rings (SSSR count). The molecule has 0 spiro atoms. The van der Waals surface area contributed by atoms with Crippen LogP contribution in [0.4, 0.5) is 0 Å². The van der Waals surface area contributed by atoms with E-state index in [2.05, 4.69) is 27.7 Å². The molecule has 2 nitrogen and oxygen atoms in total. The molecule has 0 amide bonds. The van der Waals surface area contributed by atoms with E-state index in [1.807, 2.05) is 0 Å². The van der Waals surface area contributed by atoms with Crippen LogP contribution in [0.3, 0.4) is 0 Å². The fourth-order valence-corrected chi connectivity index (χ4v) is 2.95. The van der Waals surface area contributed by atoms with Gasteiger partial charge in [0.2, 0.25) is 0 Å². The van der Waals surface area contributed by atoms with Crippen molar-refractivity contribution in [2.24, 2.45) is 0 Å². The molecule has 2 atom stereocenters. The fourth-order valence-electron chi connectivity index (χ4n) is 1.69. The molecule has 0 heterocycles. The summed E-state index contributed by atoms with van der Waals surface area (Å²) in [6.45, 7) is 8.80. The lowest BCUT2D eigenvalue weighted by Crippen LogP contribution is -2.21. The first-order chi connectivity index (χ1) is 7.28. The lowest BCUT2D eigenvalue weighted by atomic mass is 10.2. The molecule has 3 heteroatoms. The fraction of sp³-hybridized carbons (Fsp3) is 1.00. The Bertz CT molecular complexity index is 117.